The number of carbonyl (C=O) groups excluding carboxylic acids is 1. The number of thiazole rings is 1. The standard InChI is InChI=1S/C17H18N4O2S2/c1-3-13(24-16-18-8-5-9-19-16)15(22)21-17-20-12-7-6-11(23-4-2)10-14(12)25-17/h5-10,13H,3-4H2,1-2H3,(H,20,21,22). The van der Waals surface area contributed by atoms with Crippen molar-refractivity contribution in [3.05, 3.63) is 36.7 Å². The van der Waals surface area contributed by atoms with Gasteiger partial charge in [0.1, 0.15) is 5.75 Å². The molecule has 2 aromatic heterocycles. The van der Waals surface area contributed by atoms with Gasteiger partial charge < -0.3 is 10.1 Å². The second-order valence-corrected chi connectivity index (χ2v) is 7.32. The summed E-state index contributed by atoms with van der Waals surface area (Å²) in [5, 5.41) is 3.81. The van der Waals surface area contributed by atoms with Crippen molar-refractivity contribution in [1.82, 2.24) is 15.0 Å². The van der Waals surface area contributed by atoms with Crippen LogP contribution in [0.5, 0.6) is 5.75 Å². The molecule has 25 heavy (non-hydrogen) atoms. The van der Waals surface area contributed by atoms with Gasteiger partial charge in [0.2, 0.25) is 5.91 Å². The molecule has 1 atom stereocenters. The normalized spacial score (nSPS) is 12.1. The Morgan fingerprint density at radius 3 is 2.84 bits per heavy atom. The van der Waals surface area contributed by atoms with Crippen LogP contribution in [0.4, 0.5) is 5.13 Å². The van der Waals surface area contributed by atoms with E-state index in [0.717, 1.165) is 16.0 Å². The third-order valence-electron chi connectivity index (χ3n) is 3.35. The largest absolute Gasteiger partial charge is 0.494 e. The van der Waals surface area contributed by atoms with Gasteiger partial charge in [0.25, 0.3) is 0 Å². The smallest absolute Gasteiger partial charge is 0.239 e. The van der Waals surface area contributed by atoms with E-state index in [9.17, 15) is 4.79 Å². The summed E-state index contributed by atoms with van der Waals surface area (Å²) in [5.41, 5.74) is 0.843. The van der Waals surface area contributed by atoms with E-state index < -0.39 is 0 Å². The third-order valence-corrected chi connectivity index (χ3v) is 5.54. The maximum absolute atomic E-state index is 12.5. The van der Waals surface area contributed by atoms with Crippen LogP contribution in [0.1, 0.15) is 20.3 Å². The molecule has 3 aromatic rings. The number of nitrogens with one attached hydrogen (secondary N) is 1. The van der Waals surface area contributed by atoms with Gasteiger partial charge in [-0.2, -0.15) is 0 Å². The van der Waals surface area contributed by atoms with E-state index in [0.29, 0.717) is 23.3 Å². The molecule has 1 aromatic carbocycles. The van der Waals surface area contributed by atoms with E-state index in [-0.39, 0.29) is 11.2 Å². The zero-order valence-corrected chi connectivity index (χ0v) is 15.6. The molecule has 0 bridgehead atoms. The highest BCUT2D eigenvalue weighted by molar-refractivity contribution is 8.00. The Kier molecular flexibility index (Phi) is 5.83. The van der Waals surface area contributed by atoms with Gasteiger partial charge in [0.05, 0.1) is 22.1 Å². The number of fused-ring (bicyclic) bond motifs is 1. The van der Waals surface area contributed by atoms with Crippen LogP contribution >= 0.6 is 23.1 Å². The van der Waals surface area contributed by atoms with Gasteiger partial charge in [-0.3, -0.25) is 4.79 Å². The van der Waals surface area contributed by atoms with E-state index in [1.165, 1.54) is 23.1 Å². The molecule has 0 aliphatic carbocycles. The first-order valence-electron chi connectivity index (χ1n) is 7.97. The number of aromatic nitrogens is 3. The average Bonchev–Trinajstić information content (AvgIpc) is 3.02. The van der Waals surface area contributed by atoms with Gasteiger partial charge >= 0.3 is 0 Å². The fourth-order valence-corrected chi connectivity index (χ4v) is 3.92. The Morgan fingerprint density at radius 1 is 1.32 bits per heavy atom. The third kappa shape index (κ3) is 4.46. The first kappa shape index (κ1) is 17.6. The highest BCUT2D eigenvalue weighted by Gasteiger charge is 2.20. The maximum atomic E-state index is 12.5. The molecule has 0 aliphatic heterocycles. The van der Waals surface area contributed by atoms with Crippen molar-refractivity contribution < 1.29 is 9.53 Å². The number of rotatable bonds is 7. The van der Waals surface area contributed by atoms with Crippen molar-refractivity contribution >= 4 is 44.4 Å². The maximum Gasteiger partial charge on any atom is 0.239 e. The minimum absolute atomic E-state index is 0.0935. The van der Waals surface area contributed by atoms with Crippen LogP contribution in [0, 0.1) is 0 Å². The van der Waals surface area contributed by atoms with Crippen molar-refractivity contribution in [2.75, 3.05) is 11.9 Å². The SMILES string of the molecule is CCOc1ccc2nc(NC(=O)C(CC)Sc3ncccn3)sc2c1. The summed E-state index contributed by atoms with van der Waals surface area (Å²) < 4.78 is 6.48. The quantitative estimate of drug-likeness (QED) is 0.498. The molecule has 6 nitrogen and oxygen atoms in total. The summed E-state index contributed by atoms with van der Waals surface area (Å²) >= 11 is 2.79. The van der Waals surface area contributed by atoms with Crippen LogP contribution in [-0.4, -0.2) is 32.7 Å². The molecule has 0 fully saturated rings. The van der Waals surface area contributed by atoms with Gasteiger partial charge in [-0.1, -0.05) is 30.0 Å². The molecule has 0 saturated heterocycles. The van der Waals surface area contributed by atoms with E-state index in [2.05, 4.69) is 20.3 Å². The van der Waals surface area contributed by atoms with E-state index >= 15 is 0 Å². The van der Waals surface area contributed by atoms with Crippen LogP contribution < -0.4 is 10.1 Å². The Morgan fingerprint density at radius 2 is 2.12 bits per heavy atom. The topological polar surface area (TPSA) is 77.0 Å². The molecule has 1 amide bonds. The monoisotopic (exact) mass is 374 g/mol. The number of carbonyl (C=O) groups is 1. The number of amides is 1. The molecule has 8 heteroatoms. The molecular weight excluding hydrogens is 356 g/mol. The van der Waals surface area contributed by atoms with Crippen molar-refractivity contribution in [2.45, 2.75) is 30.7 Å². The molecule has 0 radical (unpaired) electrons. The van der Waals surface area contributed by atoms with Gasteiger partial charge in [-0.05, 0) is 37.6 Å². The zero-order chi connectivity index (χ0) is 17.6. The van der Waals surface area contributed by atoms with Crippen molar-refractivity contribution in [1.29, 1.82) is 0 Å². The molecule has 1 unspecified atom stereocenters. The van der Waals surface area contributed by atoms with Crippen molar-refractivity contribution in [3.63, 3.8) is 0 Å². The van der Waals surface area contributed by atoms with Gasteiger partial charge in [-0.15, -0.1) is 0 Å². The van der Waals surface area contributed by atoms with Crippen molar-refractivity contribution in [3.8, 4) is 5.75 Å². The molecular formula is C17H18N4O2S2. The number of thioether (sulfide) groups is 1. The lowest BCUT2D eigenvalue weighted by atomic mass is 10.3. The molecule has 130 valence electrons. The first-order chi connectivity index (χ1) is 12.2. The number of anilines is 1. The van der Waals surface area contributed by atoms with Gasteiger partial charge in [0.15, 0.2) is 10.3 Å². The fraction of sp³-hybridized carbons (Fsp3) is 0.294. The predicted octanol–water partition coefficient (Wildman–Crippen LogP) is 3.99. The summed E-state index contributed by atoms with van der Waals surface area (Å²) in [4.78, 5) is 25.3. The lowest BCUT2D eigenvalue weighted by molar-refractivity contribution is -0.115. The first-order valence-corrected chi connectivity index (χ1v) is 9.67. The molecule has 3 rings (SSSR count). The minimum Gasteiger partial charge on any atom is -0.494 e. The van der Waals surface area contributed by atoms with E-state index in [4.69, 9.17) is 4.74 Å². The number of hydrogen-bond acceptors (Lipinski definition) is 7. The number of nitrogens with zero attached hydrogens (tertiary/aromatic N) is 3. The van der Waals surface area contributed by atoms with Crippen LogP contribution in [0.2, 0.25) is 0 Å². The Balaban J connectivity index is 1.71. The lowest BCUT2D eigenvalue weighted by Crippen LogP contribution is -2.24. The summed E-state index contributed by atoms with van der Waals surface area (Å²) in [6.45, 7) is 4.53. The Hall–Kier alpha value is -2.19. The molecule has 2 heterocycles. The molecule has 0 saturated carbocycles. The summed E-state index contributed by atoms with van der Waals surface area (Å²) in [6, 6.07) is 7.48. The zero-order valence-electron chi connectivity index (χ0n) is 13.9. The van der Waals surface area contributed by atoms with Gasteiger partial charge in [-0.25, -0.2) is 15.0 Å². The second kappa shape index (κ2) is 8.26. The minimum atomic E-state index is -0.270. The highest BCUT2D eigenvalue weighted by Crippen LogP contribution is 2.30. The van der Waals surface area contributed by atoms with Crippen LogP contribution in [0.15, 0.2) is 41.8 Å². The number of hydrogen-bond donors (Lipinski definition) is 1. The molecule has 0 aliphatic rings. The van der Waals surface area contributed by atoms with Gasteiger partial charge in [0, 0.05) is 12.4 Å². The molecule has 1 N–H and O–H groups in total. The lowest BCUT2D eigenvalue weighted by Gasteiger charge is -2.11. The van der Waals surface area contributed by atoms with Crippen LogP contribution in [0.25, 0.3) is 10.2 Å². The summed E-state index contributed by atoms with van der Waals surface area (Å²) in [6.07, 6.45) is 4.01. The Bertz CT molecular complexity index is 854. The average molecular weight is 374 g/mol. The van der Waals surface area contributed by atoms with Crippen LogP contribution in [-0.2, 0) is 4.79 Å². The highest BCUT2D eigenvalue weighted by atomic mass is 32.2. The number of benzene rings is 1. The Labute approximate surface area is 154 Å². The second-order valence-electron chi connectivity index (χ2n) is 5.12. The van der Waals surface area contributed by atoms with E-state index in [1.54, 1.807) is 18.5 Å². The van der Waals surface area contributed by atoms with Crippen LogP contribution in [0.3, 0.4) is 0 Å². The molecule has 0 spiro atoms. The summed E-state index contributed by atoms with van der Waals surface area (Å²) in [7, 11) is 0. The van der Waals surface area contributed by atoms with Crippen molar-refractivity contribution in [2.24, 2.45) is 0 Å². The summed E-state index contributed by atoms with van der Waals surface area (Å²) in [5.74, 6) is 0.712. The fourth-order valence-electron chi connectivity index (χ4n) is 2.20. The number of ether oxygens (including phenoxy) is 1. The van der Waals surface area contributed by atoms with E-state index in [1.807, 2.05) is 32.0 Å². The predicted molar refractivity (Wildman–Crippen MR) is 101 cm³/mol.